The maximum absolute atomic E-state index is 12.5. The minimum Gasteiger partial charge on any atom is -0.307 e. The average Bonchev–Trinajstić information content (AvgIpc) is 3.04. The van der Waals surface area contributed by atoms with Gasteiger partial charge in [-0.3, -0.25) is 14.9 Å². The van der Waals surface area contributed by atoms with Crippen LogP contribution in [0.3, 0.4) is 0 Å². The molecule has 0 bridgehead atoms. The largest absolute Gasteiger partial charge is 0.307 e. The predicted octanol–water partition coefficient (Wildman–Crippen LogP) is 4.71. The molecule has 0 aliphatic heterocycles. The van der Waals surface area contributed by atoms with E-state index < -0.39 is 10.8 Å². The number of hydrogen-bond acceptors (Lipinski definition) is 4. The van der Waals surface area contributed by atoms with E-state index in [2.05, 4.69) is 10.4 Å². The Balaban J connectivity index is 1.81. The SMILES string of the molecule is Cc1ccc(C(=O)Nc2ccnn2Cc2ccc(Cl)cc2Cl)cc1[N+](=O)[O-]. The molecule has 7 nitrogen and oxygen atoms in total. The van der Waals surface area contributed by atoms with E-state index in [0.29, 0.717) is 28.0 Å². The number of rotatable bonds is 5. The Bertz CT molecular complexity index is 1030. The minimum absolute atomic E-state index is 0.107. The number of aromatic nitrogens is 2. The van der Waals surface area contributed by atoms with Crippen molar-refractivity contribution in [1.82, 2.24) is 9.78 Å². The third-order valence-corrected chi connectivity index (χ3v) is 4.55. The molecule has 27 heavy (non-hydrogen) atoms. The summed E-state index contributed by atoms with van der Waals surface area (Å²) >= 11 is 12.1. The lowest BCUT2D eigenvalue weighted by molar-refractivity contribution is -0.385. The third kappa shape index (κ3) is 4.27. The van der Waals surface area contributed by atoms with Crippen LogP contribution >= 0.6 is 23.2 Å². The molecule has 0 saturated heterocycles. The van der Waals surface area contributed by atoms with Gasteiger partial charge >= 0.3 is 0 Å². The number of benzene rings is 2. The monoisotopic (exact) mass is 404 g/mol. The van der Waals surface area contributed by atoms with Gasteiger partial charge in [-0.25, -0.2) is 4.68 Å². The van der Waals surface area contributed by atoms with E-state index in [0.717, 1.165) is 5.56 Å². The molecule has 3 aromatic rings. The van der Waals surface area contributed by atoms with Crippen LogP contribution in [0.1, 0.15) is 21.5 Å². The van der Waals surface area contributed by atoms with Crippen LogP contribution in [0.5, 0.6) is 0 Å². The normalized spacial score (nSPS) is 10.6. The number of hydrogen-bond donors (Lipinski definition) is 1. The molecule has 2 aromatic carbocycles. The van der Waals surface area contributed by atoms with Crippen molar-refractivity contribution in [2.75, 3.05) is 5.32 Å². The number of anilines is 1. The first-order chi connectivity index (χ1) is 12.8. The van der Waals surface area contributed by atoms with E-state index in [1.807, 2.05) is 0 Å². The molecule has 9 heteroatoms. The Hall–Kier alpha value is -2.90. The Kier molecular flexibility index (Phi) is 5.43. The Morgan fingerprint density at radius 2 is 2.00 bits per heavy atom. The van der Waals surface area contributed by atoms with E-state index in [4.69, 9.17) is 23.2 Å². The predicted molar refractivity (Wildman–Crippen MR) is 104 cm³/mol. The van der Waals surface area contributed by atoms with E-state index in [9.17, 15) is 14.9 Å². The van der Waals surface area contributed by atoms with Crippen molar-refractivity contribution in [3.63, 3.8) is 0 Å². The van der Waals surface area contributed by atoms with Crippen LogP contribution in [0.4, 0.5) is 11.5 Å². The van der Waals surface area contributed by atoms with Crippen molar-refractivity contribution in [2.24, 2.45) is 0 Å². The van der Waals surface area contributed by atoms with Crippen molar-refractivity contribution in [3.8, 4) is 0 Å². The molecule has 0 spiro atoms. The van der Waals surface area contributed by atoms with Gasteiger partial charge in [-0.2, -0.15) is 5.10 Å². The van der Waals surface area contributed by atoms with Crippen LogP contribution in [0.25, 0.3) is 0 Å². The van der Waals surface area contributed by atoms with Gasteiger partial charge in [0.2, 0.25) is 0 Å². The Morgan fingerprint density at radius 1 is 1.22 bits per heavy atom. The number of halogens is 2. The lowest BCUT2D eigenvalue weighted by atomic mass is 10.1. The summed E-state index contributed by atoms with van der Waals surface area (Å²) in [5, 5.41) is 19.0. The molecule has 1 heterocycles. The van der Waals surface area contributed by atoms with Gasteiger partial charge in [0.25, 0.3) is 11.6 Å². The molecule has 0 saturated carbocycles. The fourth-order valence-electron chi connectivity index (χ4n) is 2.51. The number of nitro groups is 1. The number of nitro benzene ring substituents is 1. The second kappa shape index (κ2) is 7.77. The van der Waals surface area contributed by atoms with E-state index in [1.54, 1.807) is 35.9 Å². The maximum Gasteiger partial charge on any atom is 0.273 e. The molecule has 1 aromatic heterocycles. The summed E-state index contributed by atoms with van der Waals surface area (Å²) < 4.78 is 1.57. The highest BCUT2D eigenvalue weighted by molar-refractivity contribution is 6.35. The molecule has 0 atom stereocenters. The Labute approximate surface area is 164 Å². The van der Waals surface area contributed by atoms with Gasteiger partial charge in [-0.1, -0.05) is 35.3 Å². The van der Waals surface area contributed by atoms with E-state index in [-0.39, 0.29) is 11.3 Å². The summed E-state index contributed by atoms with van der Waals surface area (Å²) in [7, 11) is 0. The van der Waals surface area contributed by atoms with Crippen LogP contribution < -0.4 is 5.32 Å². The zero-order valence-corrected chi connectivity index (χ0v) is 15.7. The number of nitrogens with one attached hydrogen (secondary N) is 1. The Morgan fingerprint density at radius 3 is 2.70 bits per heavy atom. The van der Waals surface area contributed by atoms with Gasteiger partial charge in [-0.15, -0.1) is 0 Å². The maximum atomic E-state index is 12.5. The molecule has 0 aliphatic carbocycles. The number of carbonyl (C=O) groups excluding carboxylic acids is 1. The van der Waals surface area contributed by atoms with Crippen LogP contribution in [-0.2, 0) is 6.54 Å². The number of nitrogens with zero attached hydrogens (tertiary/aromatic N) is 3. The first kappa shape index (κ1) is 18.9. The highest BCUT2D eigenvalue weighted by Crippen LogP contribution is 2.23. The van der Waals surface area contributed by atoms with Gasteiger partial charge < -0.3 is 5.32 Å². The zero-order valence-electron chi connectivity index (χ0n) is 14.1. The highest BCUT2D eigenvalue weighted by Gasteiger charge is 2.16. The topological polar surface area (TPSA) is 90.1 Å². The molecule has 1 amide bonds. The first-order valence-electron chi connectivity index (χ1n) is 7.87. The van der Waals surface area contributed by atoms with Gasteiger partial charge in [0, 0.05) is 33.3 Å². The quantitative estimate of drug-likeness (QED) is 0.492. The standard InChI is InChI=1S/C18H14Cl2N4O3/c1-11-2-3-12(8-16(11)24(26)27)18(25)22-17-6-7-21-23(17)10-13-4-5-14(19)9-15(13)20/h2-9H,10H2,1H3,(H,22,25). The second-order valence-electron chi connectivity index (χ2n) is 5.82. The van der Waals surface area contributed by atoms with E-state index >= 15 is 0 Å². The third-order valence-electron chi connectivity index (χ3n) is 3.96. The van der Waals surface area contributed by atoms with Crippen LogP contribution in [0.15, 0.2) is 48.7 Å². The van der Waals surface area contributed by atoms with Crippen LogP contribution in [0.2, 0.25) is 10.0 Å². The summed E-state index contributed by atoms with van der Waals surface area (Å²) in [5.41, 5.74) is 1.35. The van der Waals surface area contributed by atoms with Crippen molar-refractivity contribution in [3.05, 3.63) is 85.5 Å². The molecule has 0 unspecified atom stereocenters. The minimum atomic E-state index is -0.515. The van der Waals surface area contributed by atoms with Gasteiger partial charge in [0.05, 0.1) is 17.7 Å². The fraction of sp³-hybridized carbons (Fsp3) is 0.111. The molecular weight excluding hydrogens is 391 g/mol. The van der Waals surface area contributed by atoms with Gasteiger partial charge in [-0.05, 0) is 30.7 Å². The molecule has 0 aliphatic rings. The zero-order chi connectivity index (χ0) is 19.6. The lowest BCUT2D eigenvalue weighted by Crippen LogP contribution is -2.16. The molecule has 3 rings (SSSR count). The van der Waals surface area contributed by atoms with Gasteiger partial charge in [0.1, 0.15) is 5.82 Å². The average molecular weight is 405 g/mol. The molecule has 138 valence electrons. The highest BCUT2D eigenvalue weighted by atomic mass is 35.5. The summed E-state index contributed by atoms with van der Waals surface area (Å²) in [6.45, 7) is 1.94. The fourth-order valence-corrected chi connectivity index (χ4v) is 2.98. The van der Waals surface area contributed by atoms with Crippen LogP contribution in [0, 0.1) is 17.0 Å². The molecule has 1 N–H and O–H groups in total. The number of aryl methyl sites for hydroxylation is 1. The summed E-state index contributed by atoms with van der Waals surface area (Å²) in [4.78, 5) is 23.0. The molecule has 0 radical (unpaired) electrons. The van der Waals surface area contributed by atoms with Crippen molar-refractivity contribution < 1.29 is 9.72 Å². The van der Waals surface area contributed by atoms with Gasteiger partial charge in [0.15, 0.2) is 0 Å². The number of amides is 1. The van der Waals surface area contributed by atoms with Crippen molar-refractivity contribution in [1.29, 1.82) is 0 Å². The second-order valence-corrected chi connectivity index (χ2v) is 6.67. The molecular formula is C18H14Cl2N4O3. The van der Waals surface area contributed by atoms with Crippen molar-refractivity contribution >= 4 is 40.6 Å². The molecule has 0 fully saturated rings. The van der Waals surface area contributed by atoms with Crippen LogP contribution in [-0.4, -0.2) is 20.6 Å². The van der Waals surface area contributed by atoms with Crippen molar-refractivity contribution in [2.45, 2.75) is 13.5 Å². The first-order valence-corrected chi connectivity index (χ1v) is 8.63. The summed E-state index contributed by atoms with van der Waals surface area (Å²) in [5.74, 6) is -0.0312. The lowest BCUT2D eigenvalue weighted by Gasteiger charge is -2.11. The van der Waals surface area contributed by atoms with E-state index in [1.165, 1.54) is 24.4 Å². The summed E-state index contributed by atoms with van der Waals surface area (Å²) in [6, 6.07) is 11.1. The number of carbonyl (C=O) groups is 1. The summed E-state index contributed by atoms with van der Waals surface area (Å²) in [6.07, 6.45) is 1.54. The smallest absolute Gasteiger partial charge is 0.273 e.